The highest BCUT2D eigenvalue weighted by molar-refractivity contribution is 9.10. The van der Waals surface area contributed by atoms with Crippen LogP contribution in [0.15, 0.2) is 82.2 Å². The largest absolute Gasteiger partial charge is 0.416 e. The van der Waals surface area contributed by atoms with Gasteiger partial charge in [0, 0.05) is 17.6 Å². The van der Waals surface area contributed by atoms with Crippen molar-refractivity contribution < 1.29 is 31.2 Å². The molecular weight excluding hydrogens is 635 g/mol. The smallest absolute Gasteiger partial charge is 0.354 e. The lowest BCUT2D eigenvalue weighted by Gasteiger charge is -2.32. The van der Waals surface area contributed by atoms with E-state index in [1.54, 1.807) is 43.3 Å². The average Bonchev–Trinajstić information content (AvgIpc) is 2.93. The van der Waals surface area contributed by atoms with Gasteiger partial charge in [0.2, 0.25) is 11.8 Å². The Balaban J connectivity index is 2.07. The molecule has 226 valence electrons. The zero-order valence-corrected chi connectivity index (χ0v) is 26.1. The second-order valence-corrected chi connectivity index (χ2v) is 13.1. The molecule has 0 bridgehead atoms. The van der Waals surface area contributed by atoms with E-state index in [2.05, 4.69) is 21.2 Å². The Hall–Kier alpha value is -3.38. The fraction of sp³-hybridized carbons (Fsp3) is 0.333. The fourth-order valence-electron chi connectivity index (χ4n) is 4.03. The van der Waals surface area contributed by atoms with Crippen LogP contribution in [-0.2, 0) is 32.3 Å². The van der Waals surface area contributed by atoms with Crippen LogP contribution in [0.3, 0.4) is 0 Å². The summed E-state index contributed by atoms with van der Waals surface area (Å²) in [5.41, 5.74) is 0.0450. The number of aryl methyl sites for hydroxylation is 1. The van der Waals surface area contributed by atoms with Gasteiger partial charge in [0.05, 0.1) is 16.1 Å². The summed E-state index contributed by atoms with van der Waals surface area (Å²) in [5.74, 6) is -1.06. The van der Waals surface area contributed by atoms with Crippen LogP contribution in [-0.4, -0.2) is 44.3 Å². The molecule has 0 spiro atoms. The van der Waals surface area contributed by atoms with Crippen LogP contribution in [0.25, 0.3) is 0 Å². The molecule has 0 fully saturated rings. The van der Waals surface area contributed by atoms with Gasteiger partial charge >= 0.3 is 6.18 Å². The van der Waals surface area contributed by atoms with Crippen molar-refractivity contribution in [1.82, 2.24) is 10.2 Å². The third-order valence-electron chi connectivity index (χ3n) is 6.47. The van der Waals surface area contributed by atoms with Gasteiger partial charge in [-0.1, -0.05) is 65.7 Å². The molecule has 0 heterocycles. The van der Waals surface area contributed by atoms with Gasteiger partial charge in [-0.25, -0.2) is 8.42 Å². The van der Waals surface area contributed by atoms with Crippen molar-refractivity contribution >= 4 is 43.5 Å². The molecule has 0 aromatic heterocycles. The minimum absolute atomic E-state index is 0.0383. The van der Waals surface area contributed by atoms with Crippen molar-refractivity contribution in [2.75, 3.05) is 17.4 Å². The predicted molar refractivity (Wildman–Crippen MR) is 159 cm³/mol. The van der Waals surface area contributed by atoms with Crippen molar-refractivity contribution in [2.24, 2.45) is 5.92 Å². The number of alkyl halides is 3. The van der Waals surface area contributed by atoms with Crippen LogP contribution >= 0.6 is 15.9 Å². The SMILES string of the molecule is Cc1ccc(S(=O)(=O)N(CC(=O)N(Cc2ccc(Br)cc2)[C@H](C)C(=O)NCC(C)C)c2cccc(C(F)(F)F)c2)cc1. The highest BCUT2D eigenvalue weighted by atomic mass is 79.9. The third kappa shape index (κ3) is 8.57. The molecule has 0 aliphatic heterocycles. The Labute approximate surface area is 252 Å². The molecule has 7 nitrogen and oxygen atoms in total. The van der Waals surface area contributed by atoms with E-state index in [0.29, 0.717) is 22.5 Å². The highest BCUT2D eigenvalue weighted by Gasteiger charge is 2.35. The molecule has 0 radical (unpaired) electrons. The quantitative estimate of drug-likeness (QED) is 0.265. The van der Waals surface area contributed by atoms with Crippen molar-refractivity contribution in [3.8, 4) is 0 Å². The van der Waals surface area contributed by atoms with Crippen molar-refractivity contribution in [1.29, 1.82) is 0 Å². The van der Waals surface area contributed by atoms with Gasteiger partial charge in [0.1, 0.15) is 12.6 Å². The molecule has 1 N–H and O–H groups in total. The monoisotopic (exact) mass is 667 g/mol. The summed E-state index contributed by atoms with van der Waals surface area (Å²) in [6.45, 7) is 6.60. The third-order valence-corrected chi connectivity index (χ3v) is 8.78. The van der Waals surface area contributed by atoms with E-state index in [4.69, 9.17) is 0 Å². The van der Waals surface area contributed by atoms with Gasteiger partial charge in [0.15, 0.2) is 0 Å². The van der Waals surface area contributed by atoms with E-state index in [0.717, 1.165) is 22.2 Å². The Morgan fingerprint density at radius 2 is 1.57 bits per heavy atom. The Bertz CT molecular complexity index is 1500. The number of amides is 2. The van der Waals surface area contributed by atoms with E-state index in [-0.39, 0.29) is 23.0 Å². The number of rotatable bonds is 11. The Morgan fingerprint density at radius 1 is 0.952 bits per heavy atom. The van der Waals surface area contributed by atoms with Gasteiger partial charge in [-0.2, -0.15) is 13.2 Å². The summed E-state index contributed by atoms with van der Waals surface area (Å²) in [6.07, 6.45) is -4.74. The van der Waals surface area contributed by atoms with Crippen LogP contribution in [0.1, 0.15) is 37.5 Å². The number of halogens is 4. The Morgan fingerprint density at radius 3 is 2.14 bits per heavy atom. The lowest BCUT2D eigenvalue weighted by Crippen LogP contribution is -2.51. The number of hydrogen-bond acceptors (Lipinski definition) is 4. The predicted octanol–water partition coefficient (Wildman–Crippen LogP) is 6.16. The number of carbonyl (C=O) groups is 2. The molecule has 0 aliphatic carbocycles. The first-order valence-electron chi connectivity index (χ1n) is 13.2. The summed E-state index contributed by atoms with van der Waals surface area (Å²) in [4.78, 5) is 28.0. The zero-order valence-electron chi connectivity index (χ0n) is 23.7. The second-order valence-electron chi connectivity index (χ2n) is 10.3. The topological polar surface area (TPSA) is 86.8 Å². The summed E-state index contributed by atoms with van der Waals surface area (Å²) in [6, 6.07) is 15.6. The zero-order chi connectivity index (χ0) is 31.2. The van der Waals surface area contributed by atoms with Crippen molar-refractivity contribution in [3.05, 3.63) is 94.0 Å². The molecule has 3 aromatic carbocycles. The van der Waals surface area contributed by atoms with Crippen LogP contribution in [0.2, 0.25) is 0 Å². The van der Waals surface area contributed by atoms with E-state index < -0.39 is 46.2 Å². The van der Waals surface area contributed by atoms with Gasteiger partial charge in [-0.3, -0.25) is 13.9 Å². The van der Waals surface area contributed by atoms with Gasteiger partial charge in [-0.05, 0) is 67.8 Å². The molecule has 0 saturated carbocycles. The standard InChI is InChI=1S/C30H33BrF3N3O4S/c1-20(2)17-35-29(39)22(4)36(18-23-10-12-25(31)13-11-23)28(38)19-37(26-7-5-6-24(16-26)30(32,33)34)42(40,41)27-14-8-21(3)9-15-27/h5-16,20,22H,17-19H2,1-4H3,(H,35,39)/t22-/m1/s1. The average molecular weight is 669 g/mol. The van der Waals surface area contributed by atoms with E-state index in [1.807, 2.05) is 13.8 Å². The number of benzene rings is 3. The molecule has 42 heavy (non-hydrogen) atoms. The van der Waals surface area contributed by atoms with Gasteiger partial charge in [0.25, 0.3) is 10.0 Å². The summed E-state index contributed by atoms with van der Waals surface area (Å²) in [5, 5.41) is 2.79. The lowest BCUT2D eigenvalue weighted by molar-refractivity contribution is -0.139. The molecule has 3 rings (SSSR count). The molecule has 12 heteroatoms. The molecule has 0 saturated heterocycles. The maximum Gasteiger partial charge on any atom is 0.416 e. The molecule has 0 unspecified atom stereocenters. The number of carbonyl (C=O) groups excluding carboxylic acids is 2. The second kappa shape index (κ2) is 13.7. The lowest BCUT2D eigenvalue weighted by atomic mass is 10.1. The minimum Gasteiger partial charge on any atom is -0.354 e. The maximum absolute atomic E-state index is 13.9. The van der Waals surface area contributed by atoms with Crippen LogP contribution in [0.4, 0.5) is 18.9 Å². The van der Waals surface area contributed by atoms with Gasteiger partial charge < -0.3 is 10.2 Å². The number of anilines is 1. The number of hydrogen-bond donors (Lipinski definition) is 1. The van der Waals surface area contributed by atoms with Crippen LogP contribution in [0.5, 0.6) is 0 Å². The molecule has 0 aliphatic rings. The van der Waals surface area contributed by atoms with Crippen LogP contribution in [0, 0.1) is 12.8 Å². The summed E-state index contributed by atoms with van der Waals surface area (Å²) >= 11 is 3.36. The normalized spacial score (nSPS) is 12.6. The van der Waals surface area contributed by atoms with Gasteiger partial charge in [-0.15, -0.1) is 0 Å². The summed E-state index contributed by atoms with van der Waals surface area (Å²) in [7, 11) is -4.50. The van der Waals surface area contributed by atoms with E-state index in [9.17, 15) is 31.2 Å². The number of sulfonamides is 1. The molecule has 3 aromatic rings. The first kappa shape index (κ1) is 33.1. The molecule has 1 atom stereocenters. The highest BCUT2D eigenvalue weighted by Crippen LogP contribution is 2.33. The molecule has 2 amide bonds. The number of nitrogens with one attached hydrogen (secondary N) is 1. The van der Waals surface area contributed by atoms with E-state index in [1.165, 1.54) is 30.0 Å². The Kier molecular flexibility index (Phi) is 10.8. The summed E-state index contributed by atoms with van der Waals surface area (Å²) < 4.78 is 69.9. The van der Waals surface area contributed by atoms with Crippen LogP contribution < -0.4 is 9.62 Å². The van der Waals surface area contributed by atoms with Crippen molar-refractivity contribution in [3.63, 3.8) is 0 Å². The first-order valence-corrected chi connectivity index (χ1v) is 15.4. The van der Waals surface area contributed by atoms with E-state index >= 15 is 0 Å². The first-order chi connectivity index (χ1) is 19.6. The maximum atomic E-state index is 13.9. The molecular formula is C30H33BrF3N3O4S. The fourth-order valence-corrected chi connectivity index (χ4v) is 5.70. The minimum atomic E-state index is -4.74. The number of nitrogens with zero attached hydrogens (tertiary/aromatic N) is 2. The van der Waals surface area contributed by atoms with Crippen molar-refractivity contribution in [2.45, 2.75) is 51.4 Å².